The Kier molecular flexibility index (Phi) is 6.45. The van der Waals surface area contributed by atoms with Crippen LogP contribution in [0.3, 0.4) is 0 Å². The van der Waals surface area contributed by atoms with Gasteiger partial charge in [0, 0.05) is 12.0 Å². The molecule has 0 saturated carbocycles. The lowest BCUT2D eigenvalue weighted by Crippen LogP contribution is -2.53. The van der Waals surface area contributed by atoms with Gasteiger partial charge in [0.15, 0.2) is 0 Å². The summed E-state index contributed by atoms with van der Waals surface area (Å²) in [5.41, 5.74) is 2.16. The minimum atomic E-state index is -4.79. The number of aromatic hydroxyl groups is 1. The molecule has 1 saturated heterocycles. The summed E-state index contributed by atoms with van der Waals surface area (Å²) in [6, 6.07) is 8.22. The Morgan fingerprint density at radius 3 is 2.39 bits per heavy atom. The first kappa shape index (κ1) is 23.2. The van der Waals surface area contributed by atoms with Crippen molar-refractivity contribution in [3.05, 3.63) is 58.7 Å². The normalized spacial score (nSPS) is 23.5. The van der Waals surface area contributed by atoms with Gasteiger partial charge in [0.1, 0.15) is 23.7 Å². The van der Waals surface area contributed by atoms with Crippen LogP contribution >= 0.6 is 0 Å². The highest BCUT2D eigenvalue weighted by molar-refractivity contribution is 5.45. The Bertz CT molecular complexity index is 914. The maximum Gasteiger partial charge on any atom is 0.573 e. The van der Waals surface area contributed by atoms with Gasteiger partial charge in [0.25, 0.3) is 0 Å². The number of benzene rings is 2. The second-order valence-electron chi connectivity index (χ2n) is 7.43. The van der Waals surface area contributed by atoms with E-state index in [4.69, 9.17) is 4.74 Å². The van der Waals surface area contributed by atoms with Gasteiger partial charge in [-0.05, 0) is 54.3 Å². The molecule has 10 heteroatoms. The van der Waals surface area contributed by atoms with Crippen LogP contribution in [0.1, 0.15) is 34.8 Å². The monoisotopic (exact) mass is 448 g/mol. The van der Waals surface area contributed by atoms with Crippen LogP contribution in [0.4, 0.5) is 22.0 Å². The van der Waals surface area contributed by atoms with E-state index >= 15 is 0 Å². The summed E-state index contributed by atoms with van der Waals surface area (Å²) in [6.45, 7) is 0.702. The molecule has 2 aromatic carbocycles. The molecule has 31 heavy (non-hydrogen) atoms. The molecule has 0 aliphatic carbocycles. The van der Waals surface area contributed by atoms with Gasteiger partial charge < -0.3 is 24.8 Å². The number of ether oxygens (including phenoxy) is 2. The Morgan fingerprint density at radius 2 is 1.81 bits per heavy atom. The number of hydrogen-bond acceptors (Lipinski definition) is 5. The summed E-state index contributed by atoms with van der Waals surface area (Å²) in [7, 11) is 0. The number of halogens is 5. The number of aryl methyl sites for hydroxylation is 1. The third kappa shape index (κ3) is 5.25. The van der Waals surface area contributed by atoms with Crippen molar-refractivity contribution in [2.45, 2.75) is 50.4 Å². The van der Waals surface area contributed by atoms with Gasteiger partial charge in [-0.15, -0.1) is 13.2 Å². The Morgan fingerprint density at radius 1 is 1.16 bits per heavy atom. The summed E-state index contributed by atoms with van der Waals surface area (Å²) < 4.78 is 73.8. The number of phenols is 1. The smallest absolute Gasteiger partial charge is 0.508 e. The first-order chi connectivity index (χ1) is 14.4. The predicted octanol–water partition coefficient (Wildman–Crippen LogP) is 4.01. The van der Waals surface area contributed by atoms with Crippen LogP contribution in [0.25, 0.3) is 0 Å². The van der Waals surface area contributed by atoms with Gasteiger partial charge in [0.2, 0.25) is 0 Å². The van der Waals surface area contributed by atoms with Crippen LogP contribution in [-0.4, -0.2) is 46.4 Å². The highest BCUT2D eigenvalue weighted by atomic mass is 19.4. The van der Waals surface area contributed by atoms with E-state index in [2.05, 4.69) is 4.74 Å². The van der Waals surface area contributed by atoms with Crippen LogP contribution in [-0.2, 0) is 11.2 Å². The number of aliphatic hydroxyl groups is 2. The zero-order chi connectivity index (χ0) is 23.0. The second-order valence-corrected chi connectivity index (χ2v) is 7.43. The lowest BCUT2D eigenvalue weighted by atomic mass is 9.90. The van der Waals surface area contributed by atoms with E-state index in [9.17, 15) is 37.3 Å². The number of alkyl halides is 5. The minimum absolute atomic E-state index is 0.172. The van der Waals surface area contributed by atoms with Gasteiger partial charge >= 0.3 is 12.3 Å². The van der Waals surface area contributed by atoms with E-state index in [0.717, 1.165) is 0 Å². The standard InChI is InChI=1S/C21H21F5O5/c1-11-6-16(28)15(17-9-18(29)20(22,23)19(10-27)30-17)8-13(11)7-12-2-4-14(5-3-12)31-21(24,25)26/h2-6,8,17-19,27-29H,7,9-10H2,1H3. The van der Waals surface area contributed by atoms with Crippen molar-refractivity contribution in [3.8, 4) is 11.5 Å². The SMILES string of the molecule is Cc1cc(O)c(C2CC(O)C(F)(F)C(CO)O2)cc1Cc1ccc(OC(F)(F)F)cc1. The molecule has 3 N–H and O–H groups in total. The average molecular weight is 448 g/mol. The minimum Gasteiger partial charge on any atom is -0.508 e. The molecule has 3 rings (SSSR count). The quantitative estimate of drug-likeness (QED) is 0.603. The van der Waals surface area contributed by atoms with Gasteiger partial charge in [-0.1, -0.05) is 12.1 Å². The van der Waals surface area contributed by atoms with Crippen LogP contribution in [0.15, 0.2) is 36.4 Å². The second kappa shape index (κ2) is 8.60. The van der Waals surface area contributed by atoms with Gasteiger partial charge in [-0.2, -0.15) is 0 Å². The fourth-order valence-corrected chi connectivity index (χ4v) is 3.52. The third-order valence-corrected chi connectivity index (χ3v) is 5.19. The van der Waals surface area contributed by atoms with E-state index in [1.165, 1.54) is 30.3 Å². The molecule has 170 valence electrons. The Labute approximate surface area is 174 Å². The molecule has 0 radical (unpaired) electrons. The van der Waals surface area contributed by atoms with Gasteiger partial charge in [0.05, 0.1) is 12.7 Å². The predicted molar refractivity (Wildman–Crippen MR) is 99.0 cm³/mol. The number of aliphatic hydroxyl groups excluding tert-OH is 2. The summed E-state index contributed by atoms with van der Waals surface area (Å²) >= 11 is 0. The number of hydrogen-bond donors (Lipinski definition) is 3. The zero-order valence-electron chi connectivity index (χ0n) is 16.4. The maximum atomic E-state index is 13.9. The third-order valence-electron chi connectivity index (χ3n) is 5.19. The van der Waals surface area contributed by atoms with Gasteiger partial charge in [-0.25, -0.2) is 8.78 Å². The summed E-state index contributed by atoms with van der Waals surface area (Å²) in [5.74, 6) is -4.21. The molecule has 2 aromatic rings. The summed E-state index contributed by atoms with van der Waals surface area (Å²) in [4.78, 5) is 0. The van der Waals surface area contributed by atoms with Crippen LogP contribution in [0.5, 0.6) is 11.5 Å². The molecule has 1 aliphatic rings. The van der Waals surface area contributed by atoms with Crippen molar-refractivity contribution in [2.75, 3.05) is 6.61 Å². The fourth-order valence-electron chi connectivity index (χ4n) is 3.52. The molecular weight excluding hydrogens is 427 g/mol. The molecule has 5 nitrogen and oxygen atoms in total. The maximum absolute atomic E-state index is 13.9. The molecule has 0 amide bonds. The van der Waals surface area contributed by atoms with Crippen LogP contribution in [0, 0.1) is 6.92 Å². The Balaban J connectivity index is 1.83. The highest BCUT2D eigenvalue weighted by Crippen LogP contribution is 2.43. The van der Waals surface area contributed by atoms with Crippen molar-refractivity contribution in [1.82, 2.24) is 0 Å². The number of rotatable bonds is 5. The first-order valence-electron chi connectivity index (χ1n) is 9.40. The molecule has 0 spiro atoms. The highest BCUT2D eigenvalue weighted by Gasteiger charge is 2.53. The van der Waals surface area contributed by atoms with E-state index in [1.807, 2.05) is 0 Å². The molecule has 1 fully saturated rings. The first-order valence-corrected chi connectivity index (χ1v) is 9.40. The molecule has 3 atom stereocenters. The van der Waals surface area contributed by atoms with E-state index in [0.29, 0.717) is 16.7 Å². The van der Waals surface area contributed by atoms with Crippen molar-refractivity contribution in [1.29, 1.82) is 0 Å². The molecular formula is C21H21F5O5. The van der Waals surface area contributed by atoms with E-state index in [-0.39, 0.29) is 23.5 Å². The fraction of sp³-hybridized carbons (Fsp3) is 0.429. The molecule has 1 aliphatic heterocycles. The van der Waals surface area contributed by atoms with Crippen molar-refractivity contribution in [3.63, 3.8) is 0 Å². The molecule has 0 aromatic heterocycles. The lowest BCUT2D eigenvalue weighted by Gasteiger charge is -2.39. The van der Waals surface area contributed by atoms with Gasteiger partial charge in [-0.3, -0.25) is 0 Å². The van der Waals surface area contributed by atoms with Crippen molar-refractivity contribution >= 4 is 0 Å². The lowest BCUT2D eigenvalue weighted by molar-refractivity contribution is -0.274. The zero-order valence-corrected chi connectivity index (χ0v) is 16.4. The van der Waals surface area contributed by atoms with Crippen molar-refractivity contribution in [2.24, 2.45) is 0 Å². The molecule has 0 bridgehead atoms. The molecule has 3 unspecified atom stereocenters. The molecule has 1 heterocycles. The number of phenolic OH excluding ortho intramolecular Hbond substituents is 1. The topological polar surface area (TPSA) is 79.2 Å². The van der Waals surface area contributed by atoms with E-state index < -0.39 is 43.6 Å². The Hall–Kier alpha value is -2.43. The van der Waals surface area contributed by atoms with Crippen LogP contribution in [0.2, 0.25) is 0 Å². The average Bonchev–Trinajstić information content (AvgIpc) is 2.66. The van der Waals surface area contributed by atoms with Crippen molar-refractivity contribution < 1.29 is 46.7 Å². The largest absolute Gasteiger partial charge is 0.573 e. The van der Waals surface area contributed by atoms with Crippen LogP contribution < -0.4 is 4.74 Å². The van der Waals surface area contributed by atoms with E-state index in [1.54, 1.807) is 13.0 Å². The summed E-state index contributed by atoms with van der Waals surface area (Å²) in [5, 5.41) is 29.3. The summed E-state index contributed by atoms with van der Waals surface area (Å²) in [6.07, 6.45) is -10.1.